The highest BCUT2D eigenvalue weighted by molar-refractivity contribution is 5.38. The molecule has 1 fully saturated rings. The van der Waals surface area contributed by atoms with Crippen molar-refractivity contribution >= 4 is 5.65 Å². The summed E-state index contributed by atoms with van der Waals surface area (Å²) in [5.74, 6) is 0. The number of pyridine rings is 1. The first-order chi connectivity index (χ1) is 9.22. The molecule has 2 N–H and O–H groups in total. The highest BCUT2D eigenvalue weighted by atomic mass is 16.3. The maximum atomic E-state index is 11.9. The number of hydrogen-bond donors (Lipinski definition) is 2. The summed E-state index contributed by atoms with van der Waals surface area (Å²) < 4.78 is 1.52. The molecule has 0 aliphatic heterocycles. The molecule has 5 heteroatoms. The van der Waals surface area contributed by atoms with E-state index in [9.17, 15) is 9.90 Å². The van der Waals surface area contributed by atoms with Crippen molar-refractivity contribution in [2.75, 3.05) is 6.61 Å². The molecule has 2 aromatic rings. The molecule has 2 heterocycles. The van der Waals surface area contributed by atoms with Crippen molar-refractivity contribution in [2.45, 2.75) is 31.3 Å². The standard InChI is InChI=1S/C14H17N3O2/c18-10-14(5-3-6-14)15-9-11-8-13(19)17-7-2-1-4-12(17)16-11/h1-2,4,7-8,15,18H,3,5-6,9-10H2. The van der Waals surface area contributed by atoms with Crippen LogP contribution in [0.1, 0.15) is 25.0 Å². The van der Waals surface area contributed by atoms with Crippen molar-refractivity contribution in [2.24, 2.45) is 0 Å². The first kappa shape index (κ1) is 12.3. The minimum absolute atomic E-state index is 0.0749. The molecule has 2 aromatic heterocycles. The molecule has 3 rings (SSSR count). The zero-order valence-electron chi connectivity index (χ0n) is 10.7. The fourth-order valence-corrected chi connectivity index (χ4v) is 2.47. The van der Waals surface area contributed by atoms with E-state index in [4.69, 9.17) is 0 Å². The summed E-state index contributed by atoms with van der Waals surface area (Å²) in [5, 5.41) is 12.7. The Kier molecular flexibility index (Phi) is 3.08. The van der Waals surface area contributed by atoms with Gasteiger partial charge in [0.05, 0.1) is 12.3 Å². The van der Waals surface area contributed by atoms with Crippen LogP contribution in [0.4, 0.5) is 0 Å². The number of nitrogens with one attached hydrogen (secondary N) is 1. The van der Waals surface area contributed by atoms with E-state index in [0.717, 1.165) is 25.0 Å². The number of aliphatic hydroxyl groups excluding tert-OH is 1. The Balaban J connectivity index is 1.83. The van der Waals surface area contributed by atoms with Gasteiger partial charge in [-0.1, -0.05) is 6.07 Å². The molecule has 0 spiro atoms. The number of hydrogen-bond acceptors (Lipinski definition) is 4. The molecule has 0 radical (unpaired) electrons. The molecule has 0 atom stereocenters. The van der Waals surface area contributed by atoms with Crippen LogP contribution in [0.3, 0.4) is 0 Å². The van der Waals surface area contributed by atoms with Gasteiger partial charge in [0.25, 0.3) is 5.56 Å². The van der Waals surface area contributed by atoms with E-state index in [1.165, 1.54) is 4.40 Å². The van der Waals surface area contributed by atoms with Gasteiger partial charge in [0, 0.05) is 24.3 Å². The van der Waals surface area contributed by atoms with Crippen LogP contribution in [0, 0.1) is 0 Å². The van der Waals surface area contributed by atoms with Gasteiger partial charge in [0.15, 0.2) is 0 Å². The lowest BCUT2D eigenvalue weighted by Crippen LogP contribution is -2.53. The monoisotopic (exact) mass is 259 g/mol. The van der Waals surface area contributed by atoms with E-state index in [1.54, 1.807) is 12.3 Å². The Morgan fingerprint density at radius 3 is 2.95 bits per heavy atom. The largest absolute Gasteiger partial charge is 0.394 e. The Hall–Kier alpha value is -1.72. The molecule has 0 bridgehead atoms. The minimum atomic E-state index is -0.163. The van der Waals surface area contributed by atoms with E-state index in [-0.39, 0.29) is 17.7 Å². The molecule has 19 heavy (non-hydrogen) atoms. The third-order valence-electron chi connectivity index (χ3n) is 3.88. The van der Waals surface area contributed by atoms with E-state index < -0.39 is 0 Å². The van der Waals surface area contributed by atoms with Crippen molar-refractivity contribution in [3.05, 3.63) is 46.5 Å². The van der Waals surface area contributed by atoms with Crippen molar-refractivity contribution in [1.29, 1.82) is 0 Å². The summed E-state index contributed by atoms with van der Waals surface area (Å²) in [5.41, 5.74) is 1.13. The smallest absolute Gasteiger partial charge is 0.258 e. The van der Waals surface area contributed by atoms with Gasteiger partial charge in [-0.2, -0.15) is 0 Å². The maximum absolute atomic E-state index is 11.9. The highest BCUT2D eigenvalue weighted by Crippen LogP contribution is 2.31. The van der Waals surface area contributed by atoms with Crippen LogP contribution in [-0.2, 0) is 6.54 Å². The number of rotatable bonds is 4. The molecule has 1 saturated carbocycles. The Bertz CT molecular complexity index is 641. The molecule has 100 valence electrons. The Morgan fingerprint density at radius 1 is 1.42 bits per heavy atom. The summed E-state index contributed by atoms with van der Waals surface area (Å²) in [4.78, 5) is 16.4. The predicted molar refractivity (Wildman–Crippen MR) is 72.0 cm³/mol. The number of aromatic nitrogens is 2. The van der Waals surface area contributed by atoms with Crippen LogP contribution in [0.15, 0.2) is 35.3 Å². The van der Waals surface area contributed by atoms with Crippen LogP contribution in [0.5, 0.6) is 0 Å². The second-order valence-corrected chi connectivity index (χ2v) is 5.16. The topological polar surface area (TPSA) is 66.6 Å². The van der Waals surface area contributed by atoms with E-state index in [2.05, 4.69) is 10.3 Å². The fourth-order valence-electron chi connectivity index (χ4n) is 2.47. The molecule has 1 aliphatic rings. The van der Waals surface area contributed by atoms with Crippen molar-refractivity contribution < 1.29 is 5.11 Å². The second kappa shape index (κ2) is 4.75. The molecule has 5 nitrogen and oxygen atoms in total. The maximum Gasteiger partial charge on any atom is 0.258 e. The SMILES string of the molecule is O=c1cc(CNC2(CO)CCC2)nc2ccccn12. The van der Waals surface area contributed by atoms with E-state index in [0.29, 0.717) is 12.2 Å². The summed E-state index contributed by atoms with van der Waals surface area (Å²) in [6.45, 7) is 0.654. The summed E-state index contributed by atoms with van der Waals surface area (Å²) in [6, 6.07) is 7.03. The second-order valence-electron chi connectivity index (χ2n) is 5.16. The molecule has 0 unspecified atom stereocenters. The van der Waals surface area contributed by atoms with Gasteiger partial charge >= 0.3 is 0 Å². The fraction of sp³-hybridized carbons (Fsp3) is 0.429. The average molecular weight is 259 g/mol. The van der Waals surface area contributed by atoms with Gasteiger partial charge in [-0.05, 0) is 31.4 Å². The van der Waals surface area contributed by atoms with Crippen LogP contribution < -0.4 is 10.9 Å². The predicted octanol–water partition coefficient (Wildman–Crippen LogP) is 0.699. The summed E-state index contributed by atoms with van der Waals surface area (Å²) in [6.07, 6.45) is 4.82. The molecule has 1 aliphatic carbocycles. The number of fused-ring (bicyclic) bond motifs is 1. The summed E-state index contributed by atoms with van der Waals surface area (Å²) in [7, 11) is 0. The third-order valence-corrected chi connectivity index (χ3v) is 3.88. The van der Waals surface area contributed by atoms with Crippen molar-refractivity contribution in [3.63, 3.8) is 0 Å². The lowest BCUT2D eigenvalue weighted by atomic mass is 9.77. The number of nitrogens with zero attached hydrogens (tertiary/aromatic N) is 2. The summed E-state index contributed by atoms with van der Waals surface area (Å²) >= 11 is 0. The quantitative estimate of drug-likeness (QED) is 0.848. The molecule has 0 aromatic carbocycles. The van der Waals surface area contributed by atoms with Crippen LogP contribution >= 0.6 is 0 Å². The van der Waals surface area contributed by atoms with Gasteiger partial charge in [-0.15, -0.1) is 0 Å². The van der Waals surface area contributed by atoms with Gasteiger partial charge in [0.2, 0.25) is 0 Å². The van der Waals surface area contributed by atoms with Gasteiger partial charge in [-0.3, -0.25) is 9.20 Å². The van der Waals surface area contributed by atoms with Crippen molar-refractivity contribution in [3.8, 4) is 0 Å². The Morgan fingerprint density at radius 2 is 2.26 bits per heavy atom. The normalized spacial score (nSPS) is 17.3. The zero-order chi connectivity index (χ0) is 13.3. The lowest BCUT2D eigenvalue weighted by molar-refractivity contribution is 0.0869. The molecule has 0 amide bonds. The first-order valence-electron chi connectivity index (χ1n) is 6.56. The molecule has 0 saturated heterocycles. The highest BCUT2D eigenvalue weighted by Gasteiger charge is 2.35. The minimum Gasteiger partial charge on any atom is -0.394 e. The molecular weight excluding hydrogens is 242 g/mol. The van der Waals surface area contributed by atoms with Gasteiger partial charge in [-0.25, -0.2) is 4.98 Å². The van der Waals surface area contributed by atoms with Crippen LogP contribution in [0.25, 0.3) is 5.65 Å². The van der Waals surface area contributed by atoms with Gasteiger partial charge < -0.3 is 10.4 Å². The third kappa shape index (κ3) is 2.27. The van der Waals surface area contributed by atoms with Crippen LogP contribution in [0.2, 0.25) is 0 Å². The lowest BCUT2D eigenvalue weighted by Gasteiger charge is -2.41. The van der Waals surface area contributed by atoms with E-state index in [1.807, 2.05) is 18.2 Å². The molecular formula is C14H17N3O2. The average Bonchev–Trinajstić information content (AvgIpc) is 2.38. The Labute approximate surface area is 110 Å². The van der Waals surface area contributed by atoms with Crippen LogP contribution in [-0.4, -0.2) is 26.6 Å². The van der Waals surface area contributed by atoms with Gasteiger partial charge in [0.1, 0.15) is 5.65 Å². The zero-order valence-corrected chi connectivity index (χ0v) is 10.7. The van der Waals surface area contributed by atoms with E-state index >= 15 is 0 Å². The van der Waals surface area contributed by atoms with Crippen molar-refractivity contribution in [1.82, 2.24) is 14.7 Å². The first-order valence-corrected chi connectivity index (χ1v) is 6.56. The number of aliphatic hydroxyl groups is 1.